The van der Waals surface area contributed by atoms with Crippen LogP contribution in [0.1, 0.15) is 19.5 Å². The fraction of sp³-hybridized carbons (Fsp3) is 0.500. The van der Waals surface area contributed by atoms with Crippen molar-refractivity contribution in [3.05, 3.63) is 24.0 Å². The highest BCUT2D eigenvalue weighted by Gasteiger charge is 2.32. The summed E-state index contributed by atoms with van der Waals surface area (Å²) in [6.07, 6.45) is 1.60. The van der Waals surface area contributed by atoms with E-state index in [9.17, 15) is 0 Å². The van der Waals surface area contributed by atoms with Gasteiger partial charge in [0, 0.05) is 12.7 Å². The molecule has 1 aromatic rings. The first-order chi connectivity index (χ1) is 8.11. The van der Waals surface area contributed by atoms with Gasteiger partial charge in [0.25, 0.3) is 0 Å². The van der Waals surface area contributed by atoms with E-state index in [1.807, 2.05) is 26.0 Å². The molecule has 0 saturated carbocycles. The minimum Gasteiger partial charge on any atom is -0.380 e. The molecular formula is C12H15N3O2. The molecule has 0 spiro atoms. The Morgan fingerprint density at radius 1 is 1.65 bits per heavy atom. The maximum absolute atomic E-state index is 8.89. The minimum absolute atomic E-state index is 0.00301. The number of nitriles is 1. The molecule has 2 rings (SSSR count). The number of aromatic nitrogens is 1. The van der Waals surface area contributed by atoms with Gasteiger partial charge in [-0.15, -0.1) is 0 Å². The topological polar surface area (TPSA) is 67.2 Å². The van der Waals surface area contributed by atoms with E-state index >= 15 is 0 Å². The number of rotatable bonds is 3. The van der Waals surface area contributed by atoms with Crippen molar-refractivity contribution in [3.63, 3.8) is 0 Å². The Labute approximate surface area is 100 Å². The predicted molar refractivity (Wildman–Crippen MR) is 62.3 cm³/mol. The van der Waals surface area contributed by atoms with Gasteiger partial charge >= 0.3 is 0 Å². The van der Waals surface area contributed by atoms with Gasteiger partial charge in [0.15, 0.2) is 11.5 Å². The lowest BCUT2D eigenvalue weighted by Crippen LogP contribution is -2.26. The largest absolute Gasteiger partial charge is 0.380 e. The molecule has 0 aliphatic carbocycles. The number of anilines is 1. The standard InChI is InChI=1S/C12H15N3O2/c1-12(2)16-8-9(17-12)7-15-10-4-3-5-14-11(10)6-13/h3-5,9,15H,7-8H2,1-2H3. The first-order valence-corrected chi connectivity index (χ1v) is 5.51. The molecule has 1 atom stereocenters. The molecule has 2 heterocycles. The van der Waals surface area contributed by atoms with Crippen molar-refractivity contribution in [3.8, 4) is 6.07 Å². The maximum Gasteiger partial charge on any atom is 0.163 e. The van der Waals surface area contributed by atoms with Crippen LogP contribution >= 0.6 is 0 Å². The van der Waals surface area contributed by atoms with E-state index in [4.69, 9.17) is 14.7 Å². The fourth-order valence-electron chi connectivity index (χ4n) is 1.72. The Bertz CT molecular complexity index is 440. The van der Waals surface area contributed by atoms with Gasteiger partial charge in [0.05, 0.1) is 12.3 Å². The SMILES string of the molecule is CC1(C)OCC(CNc2cccnc2C#N)O1. The van der Waals surface area contributed by atoms with Gasteiger partial charge in [0.1, 0.15) is 12.2 Å². The molecule has 1 aliphatic heterocycles. The van der Waals surface area contributed by atoms with Crippen molar-refractivity contribution in [2.75, 3.05) is 18.5 Å². The molecule has 0 aromatic carbocycles. The lowest BCUT2D eigenvalue weighted by molar-refractivity contribution is -0.136. The number of hydrogen-bond acceptors (Lipinski definition) is 5. The van der Waals surface area contributed by atoms with E-state index in [1.54, 1.807) is 12.3 Å². The summed E-state index contributed by atoms with van der Waals surface area (Å²) >= 11 is 0. The average Bonchev–Trinajstić information content (AvgIpc) is 2.67. The van der Waals surface area contributed by atoms with Crippen LogP contribution in [0.25, 0.3) is 0 Å². The molecule has 0 amide bonds. The number of pyridine rings is 1. The van der Waals surface area contributed by atoms with Crippen LogP contribution in [-0.2, 0) is 9.47 Å². The Balaban J connectivity index is 1.93. The molecule has 1 aromatic heterocycles. The van der Waals surface area contributed by atoms with Crippen LogP contribution in [-0.4, -0.2) is 30.0 Å². The van der Waals surface area contributed by atoms with E-state index in [-0.39, 0.29) is 6.10 Å². The molecular weight excluding hydrogens is 218 g/mol. The third kappa shape index (κ3) is 2.93. The second-order valence-electron chi connectivity index (χ2n) is 4.34. The Morgan fingerprint density at radius 2 is 2.47 bits per heavy atom. The van der Waals surface area contributed by atoms with Crippen molar-refractivity contribution in [2.24, 2.45) is 0 Å². The third-order valence-electron chi connectivity index (χ3n) is 2.50. The Kier molecular flexibility index (Phi) is 3.27. The first kappa shape index (κ1) is 11.8. The van der Waals surface area contributed by atoms with Gasteiger partial charge in [-0.25, -0.2) is 4.98 Å². The highest BCUT2D eigenvalue weighted by atomic mass is 16.7. The van der Waals surface area contributed by atoms with Crippen molar-refractivity contribution < 1.29 is 9.47 Å². The van der Waals surface area contributed by atoms with Crippen LogP contribution in [0, 0.1) is 11.3 Å². The lowest BCUT2D eigenvalue weighted by Gasteiger charge is -2.17. The van der Waals surface area contributed by atoms with E-state index in [0.717, 1.165) is 5.69 Å². The monoisotopic (exact) mass is 233 g/mol. The van der Waals surface area contributed by atoms with Crippen LogP contribution in [0.3, 0.4) is 0 Å². The quantitative estimate of drug-likeness (QED) is 0.857. The maximum atomic E-state index is 8.89. The van der Waals surface area contributed by atoms with Crippen molar-refractivity contribution in [1.29, 1.82) is 5.26 Å². The molecule has 1 fully saturated rings. The van der Waals surface area contributed by atoms with Crippen LogP contribution in [0.5, 0.6) is 0 Å². The van der Waals surface area contributed by atoms with Crippen LogP contribution in [0.15, 0.2) is 18.3 Å². The summed E-state index contributed by atoms with van der Waals surface area (Å²) in [5, 5.41) is 12.0. The molecule has 5 heteroatoms. The summed E-state index contributed by atoms with van der Waals surface area (Å²) in [6, 6.07) is 5.66. The van der Waals surface area contributed by atoms with Crippen LogP contribution in [0.2, 0.25) is 0 Å². The summed E-state index contributed by atoms with van der Waals surface area (Å²) in [5.41, 5.74) is 1.12. The molecule has 90 valence electrons. The molecule has 0 bridgehead atoms. The van der Waals surface area contributed by atoms with Crippen LogP contribution in [0.4, 0.5) is 5.69 Å². The zero-order valence-electron chi connectivity index (χ0n) is 9.93. The molecule has 1 unspecified atom stereocenters. The van der Waals surface area contributed by atoms with Gasteiger partial charge < -0.3 is 14.8 Å². The number of nitrogens with one attached hydrogen (secondary N) is 1. The molecule has 17 heavy (non-hydrogen) atoms. The second-order valence-corrected chi connectivity index (χ2v) is 4.34. The first-order valence-electron chi connectivity index (χ1n) is 5.51. The fourth-order valence-corrected chi connectivity index (χ4v) is 1.72. The zero-order chi connectivity index (χ0) is 12.3. The smallest absolute Gasteiger partial charge is 0.163 e. The van der Waals surface area contributed by atoms with Gasteiger partial charge in [-0.2, -0.15) is 5.26 Å². The highest BCUT2D eigenvalue weighted by Crippen LogP contribution is 2.22. The van der Waals surface area contributed by atoms with Gasteiger partial charge in [0.2, 0.25) is 0 Å². The van der Waals surface area contributed by atoms with E-state index in [2.05, 4.69) is 10.3 Å². The molecule has 5 nitrogen and oxygen atoms in total. The van der Waals surface area contributed by atoms with Crippen molar-refractivity contribution in [2.45, 2.75) is 25.7 Å². The summed E-state index contributed by atoms with van der Waals surface area (Å²) in [4.78, 5) is 3.98. The lowest BCUT2D eigenvalue weighted by atomic mass is 10.3. The predicted octanol–water partition coefficient (Wildman–Crippen LogP) is 1.52. The third-order valence-corrected chi connectivity index (χ3v) is 2.50. The highest BCUT2D eigenvalue weighted by molar-refractivity contribution is 5.53. The van der Waals surface area contributed by atoms with Crippen LogP contribution < -0.4 is 5.32 Å². The number of hydrogen-bond donors (Lipinski definition) is 1. The van der Waals surface area contributed by atoms with E-state index < -0.39 is 5.79 Å². The summed E-state index contributed by atoms with van der Waals surface area (Å²) < 4.78 is 11.1. The van der Waals surface area contributed by atoms with E-state index in [1.165, 1.54) is 0 Å². The number of nitrogens with zero attached hydrogens (tertiary/aromatic N) is 2. The molecule has 0 radical (unpaired) electrons. The Hall–Kier alpha value is -1.64. The Morgan fingerprint density at radius 3 is 3.12 bits per heavy atom. The summed E-state index contributed by atoms with van der Waals surface area (Å²) in [6.45, 7) is 4.93. The van der Waals surface area contributed by atoms with Gasteiger partial charge in [-0.3, -0.25) is 0 Å². The summed E-state index contributed by atoms with van der Waals surface area (Å²) in [5.74, 6) is -0.515. The average molecular weight is 233 g/mol. The summed E-state index contributed by atoms with van der Waals surface area (Å²) in [7, 11) is 0. The normalized spacial score (nSPS) is 22.1. The minimum atomic E-state index is -0.515. The van der Waals surface area contributed by atoms with Gasteiger partial charge in [-0.05, 0) is 26.0 Å². The number of ether oxygens (including phenoxy) is 2. The van der Waals surface area contributed by atoms with Gasteiger partial charge in [-0.1, -0.05) is 0 Å². The molecule has 1 N–H and O–H groups in total. The zero-order valence-corrected chi connectivity index (χ0v) is 9.93. The van der Waals surface area contributed by atoms with Crippen molar-refractivity contribution >= 4 is 5.69 Å². The van der Waals surface area contributed by atoms with Crippen molar-refractivity contribution in [1.82, 2.24) is 4.98 Å². The molecule has 1 saturated heterocycles. The second kappa shape index (κ2) is 4.70. The van der Waals surface area contributed by atoms with E-state index in [0.29, 0.717) is 18.8 Å². The molecule has 1 aliphatic rings.